The highest BCUT2D eigenvalue weighted by atomic mass is 16.8. The number of methoxy groups -OCH3 is 1. The predicted molar refractivity (Wildman–Crippen MR) is 203 cm³/mol. The van der Waals surface area contributed by atoms with Gasteiger partial charge in [0.15, 0.2) is 30.6 Å². The van der Waals surface area contributed by atoms with Crippen molar-refractivity contribution in [1.82, 2.24) is 0 Å². The number of rotatable bonds is 7. The molecule has 4 saturated carbocycles. The second kappa shape index (κ2) is 14.5. The van der Waals surface area contributed by atoms with Crippen molar-refractivity contribution in [2.45, 2.75) is 167 Å². The van der Waals surface area contributed by atoms with Gasteiger partial charge in [0.05, 0.1) is 25.2 Å². The molecule has 8 rings (SSSR count). The van der Waals surface area contributed by atoms with Gasteiger partial charge in [0.25, 0.3) is 0 Å². The maximum Gasteiger partial charge on any atom is 0.337 e. The first-order valence-corrected chi connectivity index (χ1v) is 21.4. The quantitative estimate of drug-likeness (QED) is 0.138. The van der Waals surface area contributed by atoms with Gasteiger partial charge >= 0.3 is 17.9 Å². The smallest absolute Gasteiger partial charge is 0.337 e. The summed E-state index contributed by atoms with van der Waals surface area (Å²) in [4.78, 5) is 52.7. The number of hydrogen-bond donors (Lipinski definition) is 7. The van der Waals surface area contributed by atoms with Gasteiger partial charge < -0.3 is 64.2 Å². The van der Waals surface area contributed by atoms with Crippen molar-refractivity contribution in [3.63, 3.8) is 0 Å². The van der Waals surface area contributed by atoms with E-state index < -0.39 is 114 Å². The first kappa shape index (κ1) is 44.0. The Morgan fingerprint density at radius 3 is 2.10 bits per heavy atom. The van der Waals surface area contributed by atoms with Crippen LogP contribution in [0.1, 0.15) is 92.9 Å². The molecule has 17 nitrogen and oxygen atoms in total. The van der Waals surface area contributed by atoms with E-state index in [0.717, 1.165) is 25.5 Å². The molecular weight excluding hydrogens is 788 g/mol. The zero-order chi connectivity index (χ0) is 43.9. The van der Waals surface area contributed by atoms with Gasteiger partial charge in [-0.3, -0.25) is 9.59 Å². The lowest BCUT2D eigenvalue weighted by atomic mass is 9.33. The van der Waals surface area contributed by atoms with Gasteiger partial charge in [0.2, 0.25) is 0 Å². The molecule has 5 aliphatic carbocycles. The van der Waals surface area contributed by atoms with Crippen LogP contribution >= 0.6 is 0 Å². The summed E-state index contributed by atoms with van der Waals surface area (Å²) < 4.78 is 34.3. The highest BCUT2D eigenvalue weighted by Gasteiger charge is 2.73. The van der Waals surface area contributed by atoms with E-state index in [1.54, 1.807) is 0 Å². The number of carboxylic acid groups (broad SMARTS) is 1. The second-order valence-corrected chi connectivity index (χ2v) is 20.8. The number of carbonyl (C=O) groups excluding carboxylic acids is 3. The van der Waals surface area contributed by atoms with Crippen molar-refractivity contribution in [2.75, 3.05) is 13.7 Å². The third-order valence-electron chi connectivity index (χ3n) is 17.8. The van der Waals surface area contributed by atoms with Gasteiger partial charge in [-0.25, -0.2) is 9.59 Å². The topological polar surface area (TPSA) is 265 Å². The first-order chi connectivity index (χ1) is 28.0. The average molecular weight is 851 g/mol. The maximum atomic E-state index is 14.9. The summed E-state index contributed by atoms with van der Waals surface area (Å²) in [5.74, 6) is -3.55. The Kier molecular flexibility index (Phi) is 10.6. The zero-order valence-corrected chi connectivity index (χ0v) is 35.3. The third-order valence-corrected chi connectivity index (χ3v) is 17.8. The largest absolute Gasteiger partial charge is 0.479 e. The van der Waals surface area contributed by atoms with E-state index in [1.807, 2.05) is 19.9 Å². The molecule has 0 spiro atoms. The molecule has 0 aromatic carbocycles. The van der Waals surface area contributed by atoms with Crippen LogP contribution in [0, 0.1) is 50.2 Å². The van der Waals surface area contributed by atoms with Crippen molar-refractivity contribution in [3.05, 3.63) is 11.6 Å². The number of hydrogen-bond acceptors (Lipinski definition) is 16. The van der Waals surface area contributed by atoms with Crippen LogP contribution < -0.4 is 0 Å². The van der Waals surface area contributed by atoms with Crippen LogP contribution in [-0.4, -0.2) is 147 Å². The van der Waals surface area contributed by atoms with Crippen molar-refractivity contribution in [2.24, 2.45) is 50.2 Å². The Balaban J connectivity index is 1.09. The lowest BCUT2D eigenvalue weighted by Crippen LogP contribution is -2.69. The standard InChI is InChI=1S/C43H62O17/c1-38-15-19-18-14-20(45)32-40(3)10-9-22(41(4,17-44)21(40)8-11-43(32,6)42(18,5)13-12-39(19,2)23(16-38)57-37(38)54)56-36-31(27(49)26(48)29(58-36)33(51)52)60-35-28(50)24(46)25(47)30(59-35)34(53)55-7/h14,19,21-32,35-36,44,46-50H,8-13,15-17H2,1-7H3,(H,51,52)/t19-,21+,22+,23-,24+,25+,26+,27-,28-,29-,30+,31+,32+,35-,36-,38-,39+,40+,41-,42-,43-/m0/s1. The summed E-state index contributed by atoms with van der Waals surface area (Å²) in [7, 11) is 1.01. The number of aliphatic hydroxyl groups excluding tert-OH is 6. The predicted octanol–water partition coefficient (Wildman–Crippen LogP) is 0.757. The Morgan fingerprint density at radius 1 is 0.783 bits per heavy atom. The lowest BCUT2D eigenvalue weighted by Gasteiger charge is -2.70. The fraction of sp³-hybridized carbons (Fsp3) is 0.860. The number of allylic oxidation sites excluding steroid dienone is 2. The number of esters is 2. The van der Waals surface area contributed by atoms with Crippen LogP contribution in [0.3, 0.4) is 0 Å². The molecule has 3 saturated heterocycles. The molecule has 8 aliphatic rings. The van der Waals surface area contributed by atoms with Gasteiger partial charge in [0, 0.05) is 23.2 Å². The molecule has 0 radical (unpaired) electrons. The summed E-state index contributed by atoms with van der Waals surface area (Å²) in [6.45, 7) is 12.3. The minimum atomic E-state index is -2.07. The number of fused-ring (bicyclic) bond motifs is 10. The van der Waals surface area contributed by atoms with Crippen molar-refractivity contribution < 1.29 is 83.3 Å². The number of ether oxygens (including phenoxy) is 6. The molecule has 336 valence electrons. The Labute approximate surface area is 348 Å². The molecule has 7 N–H and O–H groups in total. The first-order valence-electron chi connectivity index (χ1n) is 21.4. The molecule has 0 aromatic rings. The highest BCUT2D eigenvalue weighted by Crippen LogP contribution is 2.76. The van der Waals surface area contributed by atoms with Crippen LogP contribution in [0.5, 0.6) is 0 Å². The summed E-state index contributed by atoms with van der Waals surface area (Å²) in [6.07, 6.45) is -13.5. The Hall–Kier alpha value is -2.58. The fourth-order valence-corrected chi connectivity index (χ4v) is 14.0. The highest BCUT2D eigenvalue weighted by molar-refractivity contribution is 5.96. The van der Waals surface area contributed by atoms with Crippen LogP contribution in [0.2, 0.25) is 0 Å². The van der Waals surface area contributed by atoms with E-state index in [0.29, 0.717) is 32.1 Å². The molecule has 0 unspecified atom stereocenters. The fourth-order valence-electron chi connectivity index (χ4n) is 14.0. The molecule has 0 amide bonds. The minimum absolute atomic E-state index is 0.0134. The molecule has 2 bridgehead atoms. The molecular formula is C43H62O17. The number of ketones is 1. The van der Waals surface area contributed by atoms with Crippen molar-refractivity contribution in [3.8, 4) is 0 Å². The summed E-state index contributed by atoms with van der Waals surface area (Å²) in [5.41, 5.74) is -2.26. The van der Waals surface area contributed by atoms with Crippen LogP contribution in [-0.2, 0) is 47.6 Å². The van der Waals surface area contributed by atoms with E-state index in [9.17, 15) is 54.9 Å². The SMILES string of the molecule is COC(=O)[C@@H]1O[C@@H](O[C@H]2[C@@H](O[C@@H]3CC[C@]4(C)[C@@H](CC[C@@]5(C)[C@@H]4C(=O)C=C4[C@@H]6C[C@@]7(C)C[C@H](OC7=O)[C@]6(C)CC[C@@]45C)[C@]3(C)CO)O[C@H](C(=O)O)[C@H](O)[C@@H]2O)[C@@H](O)[C@H](O)[C@H]1O. The number of carboxylic acids is 1. The van der Waals surface area contributed by atoms with E-state index in [-0.39, 0.29) is 46.9 Å². The summed E-state index contributed by atoms with van der Waals surface area (Å²) in [6, 6.07) is 0. The molecule has 17 heteroatoms. The van der Waals surface area contributed by atoms with Gasteiger partial charge in [0.1, 0.15) is 42.7 Å². The summed E-state index contributed by atoms with van der Waals surface area (Å²) >= 11 is 0. The average Bonchev–Trinajstić information content (AvgIpc) is 3.46. The van der Waals surface area contributed by atoms with Gasteiger partial charge in [-0.05, 0) is 86.0 Å². The van der Waals surface area contributed by atoms with E-state index >= 15 is 0 Å². The molecule has 3 heterocycles. The molecule has 7 fully saturated rings. The van der Waals surface area contributed by atoms with E-state index in [2.05, 4.69) is 32.4 Å². The third kappa shape index (κ3) is 5.93. The normalized spacial score (nSPS) is 54.7. The van der Waals surface area contributed by atoms with Crippen molar-refractivity contribution in [1.29, 1.82) is 0 Å². The van der Waals surface area contributed by atoms with Crippen LogP contribution in [0.25, 0.3) is 0 Å². The van der Waals surface area contributed by atoms with Crippen molar-refractivity contribution >= 4 is 23.7 Å². The Morgan fingerprint density at radius 2 is 1.45 bits per heavy atom. The van der Waals surface area contributed by atoms with E-state index in [4.69, 9.17) is 23.7 Å². The minimum Gasteiger partial charge on any atom is -0.479 e. The van der Waals surface area contributed by atoms with E-state index in [1.165, 1.54) is 0 Å². The summed E-state index contributed by atoms with van der Waals surface area (Å²) in [5, 5.41) is 75.3. The number of carbonyl (C=O) groups is 4. The molecule has 21 atom stereocenters. The Bertz CT molecular complexity index is 1820. The number of aliphatic carboxylic acids is 1. The number of aliphatic hydroxyl groups is 6. The zero-order valence-electron chi connectivity index (χ0n) is 35.3. The lowest BCUT2D eigenvalue weighted by molar-refractivity contribution is -0.372. The second-order valence-electron chi connectivity index (χ2n) is 20.8. The van der Waals surface area contributed by atoms with Gasteiger partial charge in [-0.2, -0.15) is 0 Å². The molecule has 3 aliphatic heterocycles. The van der Waals surface area contributed by atoms with Gasteiger partial charge in [-0.1, -0.05) is 40.2 Å². The van der Waals surface area contributed by atoms with Crippen LogP contribution in [0.4, 0.5) is 0 Å². The molecule has 0 aromatic heterocycles. The monoisotopic (exact) mass is 850 g/mol. The van der Waals surface area contributed by atoms with Gasteiger partial charge in [-0.15, -0.1) is 0 Å². The van der Waals surface area contributed by atoms with Crippen LogP contribution in [0.15, 0.2) is 11.6 Å². The maximum absolute atomic E-state index is 14.9. The molecule has 60 heavy (non-hydrogen) atoms.